The molecule has 1 N–H and O–H groups in total. The Bertz CT molecular complexity index is 790. The molecule has 4 nitrogen and oxygen atoms in total. The molecule has 2 aliphatic heterocycles. The van der Waals surface area contributed by atoms with Gasteiger partial charge in [-0.2, -0.15) is 0 Å². The first-order chi connectivity index (χ1) is 13.2. The summed E-state index contributed by atoms with van der Waals surface area (Å²) in [6, 6.07) is 15.8. The second-order valence-electron chi connectivity index (χ2n) is 7.73. The molecule has 0 aromatic heterocycles. The van der Waals surface area contributed by atoms with Gasteiger partial charge >= 0.3 is 0 Å². The third kappa shape index (κ3) is 3.72. The highest BCUT2D eigenvalue weighted by Crippen LogP contribution is 2.40. The second kappa shape index (κ2) is 7.73. The Morgan fingerprint density at radius 3 is 2.52 bits per heavy atom. The fourth-order valence-electron chi connectivity index (χ4n) is 4.76. The minimum Gasteiger partial charge on any atom is -0.497 e. The highest BCUT2D eigenvalue weighted by atomic mass is 16.5. The molecule has 0 aliphatic carbocycles. The van der Waals surface area contributed by atoms with Gasteiger partial charge in [-0.05, 0) is 80.6 Å². The molecule has 0 atom stereocenters. The van der Waals surface area contributed by atoms with Crippen LogP contribution in [0.5, 0.6) is 5.75 Å². The van der Waals surface area contributed by atoms with Crippen LogP contribution in [0.2, 0.25) is 0 Å². The van der Waals surface area contributed by atoms with Crippen LogP contribution < -0.4 is 10.1 Å². The molecule has 2 saturated heterocycles. The number of benzene rings is 2. The summed E-state index contributed by atoms with van der Waals surface area (Å²) in [5, 5.41) is 3.13. The van der Waals surface area contributed by atoms with Crippen LogP contribution in [0.4, 0.5) is 0 Å². The maximum atomic E-state index is 12.5. The number of nitrogens with zero attached hydrogens (tertiary/aromatic N) is 1. The van der Waals surface area contributed by atoms with Crippen LogP contribution in [0.25, 0.3) is 11.1 Å². The quantitative estimate of drug-likeness (QED) is 0.839. The molecule has 0 radical (unpaired) electrons. The van der Waals surface area contributed by atoms with Gasteiger partial charge in [0.1, 0.15) is 5.75 Å². The maximum absolute atomic E-state index is 12.5. The first-order valence-electron chi connectivity index (χ1n) is 9.98. The van der Waals surface area contributed by atoms with E-state index in [1.54, 1.807) is 7.11 Å². The molecule has 27 heavy (non-hydrogen) atoms. The van der Waals surface area contributed by atoms with Gasteiger partial charge in [0.2, 0.25) is 0 Å². The van der Waals surface area contributed by atoms with Crippen LogP contribution in [-0.2, 0) is 0 Å². The van der Waals surface area contributed by atoms with E-state index in [9.17, 15) is 4.79 Å². The summed E-state index contributed by atoms with van der Waals surface area (Å²) in [5.41, 5.74) is 3.25. The topological polar surface area (TPSA) is 41.6 Å². The van der Waals surface area contributed by atoms with E-state index in [-0.39, 0.29) is 5.91 Å². The maximum Gasteiger partial charge on any atom is 0.251 e. The molecule has 0 saturated carbocycles. The number of hydrogen-bond donors (Lipinski definition) is 1. The minimum absolute atomic E-state index is 0.0196. The van der Waals surface area contributed by atoms with Crippen molar-refractivity contribution in [2.75, 3.05) is 26.7 Å². The Hall–Kier alpha value is -2.33. The van der Waals surface area contributed by atoms with E-state index in [1.807, 2.05) is 48.5 Å². The van der Waals surface area contributed by atoms with Crippen molar-refractivity contribution in [2.24, 2.45) is 0 Å². The van der Waals surface area contributed by atoms with Gasteiger partial charge in [0.25, 0.3) is 5.91 Å². The Morgan fingerprint density at radius 1 is 1.07 bits per heavy atom. The molecule has 142 valence electrons. The number of carbonyl (C=O) groups excluding carboxylic acids is 1. The van der Waals surface area contributed by atoms with Crippen molar-refractivity contribution in [3.8, 4) is 16.9 Å². The lowest BCUT2D eigenvalue weighted by atomic mass is 9.90. The van der Waals surface area contributed by atoms with Crippen LogP contribution in [0.1, 0.15) is 42.5 Å². The zero-order chi connectivity index (χ0) is 18.7. The van der Waals surface area contributed by atoms with Crippen LogP contribution >= 0.6 is 0 Å². The number of amides is 1. The zero-order valence-electron chi connectivity index (χ0n) is 16.0. The average Bonchev–Trinajstić information content (AvgIpc) is 3.28. The average molecular weight is 364 g/mol. The molecule has 4 rings (SSSR count). The molecule has 2 aromatic rings. The molecule has 2 heterocycles. The fourth-order valence-corrected chi connectivity index (χ4v) is 4.76. The summed E-state index contributed by atoms with van der Waals surface area (Å²) in [6.45, 7) is 3.23. The number of rotatable bonds is 6. The lowest BCUT2D eigenvalue weighted by molar-refractivity contribution is 0.0943. The molecule has 2 fully saturated rings. The highest BCUT2D eigenvalue weighted by molar-refractivity contribution is 5.94. The smallest absolute Gasteiger partial charge is 0.251 e. The summed E-state index contributed by atoms with van der Waals surface area (Å²) >= 11 is 0. The Morgan fingerprint density at radius 2 is 1.81 bits per heavy atom. The molecule has 0 bridgehead atoms. The van der Waals surface area contributed by atoms with Crippen molar-refractivity contribution >= 4 is 5.91 Å². The van der Waals surface area contributed by atoms with Crippen LogP contribution in [-0.4, -0.2) is 43.1 Å². The molecular weight excluding hydrogens is 336 g/mol. The van der Waals surface area contributed by atoms with Crippen LogP contribution in [0, 0.1) is 0 Å². The molecule has 0 unspecified atom stereocenters. The van der Waals surface area contributed by atoms with Gasteiger partial charge in [-0.25, -0.2) is 0 Å². The van der Waals surface area contributed by atoms with Crippen molar-refractivity contribution in [1.29, 1.82) is 0 Å². The monoisotopic (exact) mass is 364 g/mol. The van der Waals surface area contributed by atoms with Gasteiger partial charge in [0.15, 0.2) is 0 Å². The molecular formula is C23H28N2O2. The summed E-state index contributed by atoms with van der Waals surface area (Å²) in [4.78, 5) is 15.2. The van der Waals surface area contributed by atoms with E-state index < -0.39 is 0 Å². The molecule has 1 amide bonds. The van der Waals surface area contributed by atoms with E-state index in [4.69, 9.17) is 4.74 Å². The normalized spacial score (nSPS) is 18.3. The van der Waals surface area contributed by atoms with Gasteiger partial charge in [-0.1, -0.05) is 24.3 Å². The van der Waals surface area contributed by atoms with Crippen LogP contribution in [0.3, 0.4) is 0 Å². The summed E-state index contributed by atoms with van der Waals surface area (Å²) in [5.74, 6) is 0.854. The third-order valence-corrected chi connectivity index (χ3v) is 6.24. The number of carbonyl (C=O) groups is 1. The Labute approximate surface area is 161 Å². The highest BCUT2D eigenvalue weighted by Gasteiger charge is 2.43. The third-order valence-electron chi connectivity index (χ3n) is 6.24. The molecule has 4 heteroatoms. The van der Waals surface area contributed by atoms with E-state index in [0.29, 0.717) is 11.1 Å². The van der Waals surface area contributed by atoms with E-state index in [2.05, 4.69) is 10.2 Å². The Kier molecular flexibility index (Phi) is 5.17. The minimum atomic E-state index is 0.0196. The summed E-state index contributed by atoms with van der Waals surface area (Å²) < 4.78 is 5.29. The number of nitrogens with one attached hydrogen (secondary N) is 1. The van der Waals surface area contributed by atoms with Gasteiger partial charge in [0.05, 0.1) is 7.11 Å². The second-order valence-corrected chi connectivity index (χ2v) is 7.73. The standard InChI is InChI=1S/C23H28N2O2/c1-27-21-6-2-5-20(17-21)18-7-9-19(10-8-18)22(26)24-14-13-23-11-3-15-25(23)16-4-12-23/h2,5-10,17H,3-4,11-16H2,1H3,(H,24,26). The molecule has 0 spiro atoms. The molecule has 2 aromatic carbocycles. The predicted molar refractivity (Wildman–Crippen MR) is 108 cm³/mol. The van der Waals surface area contributed by atoms with E-state index in [0.717, 1.165) is 29.8 Å². The SMILES string of the molecule is COc1cccc(-c2ccc(C(=O)NCCC34CCCN3CCC4)cc2)c1. The predicted octanol–water partition coefficient (Wildman–Crippen LogP) is 4.11. The van der Waals surface area contributed by atoms with Gasteiger partial charge in [-0.3, -0.25) is 9.69 Å². The first kappa shape index (κ1) is 18.1. The van der Waals surface area contributed by atoms with Gasteiger partial charge in [-0.15, -0.1) is 0 Å². The van der Waals surface area contributed by atoms with Gasteiger partial charge < -0.3 is 10.1 Å². The number of methoxy groups -OCH3 is 1. The van der Waals surface area contributed by atoms with Crippen molar-refractivity contribution in [2.45, 2.75) is 37.6 Å². The lowest BCUT2D eigenvalue weighted by Crippen LogP contribution is -2.41. The molecule has 2 aliphatic rings. The summed E-state index contributed by atoms with van der Waals surface area (Å²) in [7, 11) is 1.67. The van der Waals surface area contributed by atoms with E-state index in [1.165, 1.54) is 38.8 Å². The van der Waals surface area contributed by atoms with Crippen molar-refractivity contribution in [3.05, 3.63) is 54.1 Å². The lowest BCUT2D eigenvalue weighted by Gasteiger charge is -2.32. The van der Waals surface area contributed by atoms with Crippen LogP contribution in [0.15, 0.2) is 48.5 Å². The Balaban J connectivity index is 1.35. The fraction of sp³-hybridized carbons (Fsp3) is 0.435. The van der Waals surface area contributed by atoms with Crippen molar-refractivity contribution in [3.63, 3.8) is 0 Å². The van der Waals surface area contributed by atoms with Crippen molar-refractivity contribution < 1.29 is 9.53 Å². The largest absolute Gasteiger partial charge is 0.497 e. The summed E-state index contributed by atoms with van der Waals surface area (Å²) in [6.07, 6.45) is 6.26. The number of ether oxygens (including phenoxy) is 1. The van der Waals surface area contributed by atoms with E-state index >= 15 is 0 Å². The number of hydrogen-bond acceptors (Lipinski definition) is 3. The number of fused-ring (bicyclic) bond motifs is 1. The zero-order valence-corrected chi connectivity index (χ0v) is 16.0. The first-order valence-corrected chi connectivity index (χ1v) is 9.98. The van der Waals surface area contributed by atoms with Crippen molar-refractivity contribution in [1.82, 2.24) is 10.2 Å². The van der Waals surface area contributed by atoms with Gasteiger partial charge in [0, 0.05) is 17.6 Å².